The molecular formula is C16H26N2O2S. The van der Waals surface area contributed by atoms with E-state index in [0.717, 1.165) is 11.1 Å². The van der Waals surface area contributed by atoms with Crippen molar-refractivity contribution in [3.8, 4) is 0 Å². The topological polar surface area (TPSA) is 72.2 Å². The van der Waals surface area contributed by atoms with Crippen LogP contribution in [0.4, 0.5) is 5.69 Å². The molecule has 1 aromatic rings. The van der Waals surface area contributed by atoms with Crippen LogP contribution in [0.5, 0.6) is 0 Å². The lowest BCUT2D eigenvalue weighted by atomic mass is 10.0. The molecule has 1 aromatic carbocycles. The first-order valence-corrected chi connectivity index (χ1v) is 8.71. The second kappa shape index (κ2) is 4.46. The van der Waals surface area contributed by atoms with Crippen LogP contribution in [-0.4, -0.2) is 14.5 Å². The van der Waals surface area contributed by atoms with Crippen molar-refractivity contribution in [1.82, 2.24) is 4.72 Å². The number of sulfonamides is 1. The molecule has 118 valence electrons. The predicted molar refractivity (Wildman–Crippen MR) is 86.7 cm³/mol. The van der Waals surface area contributed by atoms with E-state index in [0.29, 0.717) is 16.1 Å². The number of hydrogen-bond donors (Lipinski definition) is 2. The third kappa shape index (κ3) is 2.27. The summed E-state index contributed by atoms with van der Waals surface area (Å²) >= 11 is 0. The van der Waals surface area contributed by atoms with Crippen LogP contribution < -0.4 is 10.5 Å². The molecule has 4 nitrogen and oxygen atoms in total. The molecule has 0 spiro atoms. The van der Waals surface area contributed by atoms with E-state index in [4.69, 9.17) is 5.73 Å². The van der Waals surface area contributed by atoms with E-state index in [1.54, 1.807) is 6.92 Å². The molecule has 0 atom stereocenters. The number of nitrogens with one attached hydrogen (secondary N) is 1. The van der Waals surface area contributed by atoms with Crippen LogP contribution in [0.2, 0.25) is 0 Å². The standard InChI is InChI=1S/C16H26N2O2S/c1-9-8-12(17)11(3)13(10(9)2)21(19,20)18-14-15(4,5)16(14,6)7/h8,14,18H,17H2,1-7H3. The van der Waals surface area contributed by atoms with Gasteiger partial charge in [-0.15, -0.1) is 0 Å². The van der Waals surface area contributed by atoms with E-state index >= 15 is 0 Å². The monoisotopic (exact) mass is 310 g/mol. The molecule has 0 amide bonds. The van der Waals surface area contributed by atoms with Crippen molar-refractivity contribution < 1.29 is 8.42 Å². The highest BCUT2D eigenvalue weighted by Crippen LogP contribution is 2.63. The van der Waals surface area contributed by atoms with Gasteiger partial charge in [0, 0.05) is 11.7 Å². The molecule has 5 heteroatoms. The van der Waals surface area contributed by atoms with Gasteiger partial charge in [0.15, 0.2) is 0 Å². The Labute approximate surface area is 128 Å². The highest BCUT2D eigenvalue weighted by atomic mass is 32.2. The molecule has 0 aromatic heterocycles. The van der Waals surface area contributed by atoms with E-state index < -0.39 is 10.0 Å². The number of hydrogen-bond acceptors (Lipinski definition) is 3. The van der Waals surface area contributed by atoms with Gasteiger partial charge in [-0.05, 0) is 54.4 Å². The third-order valence-corrected chi connectivity index (χ3v) is 7.34. The summed E-state index contributed by atoms with van der Waals surface area (Å²) in [5.41, 5.74) is 8.67. The van der Waals surface area contributed by atoms with E-state index in [1.807, 2.05) is 19.9 Å². The SMILES string of the molecule is Cc1cc(N)c(C)c(S(=O)(=O)NC2C(C)(C)C2(C)C)c1C. The molecule has 1 saturated carbocycles. The molecule has 0 bridgehead atoms. The molecule has 0 unspecified atom stereocenters. The Hall–Kier alpha value is -1.07. The van der Waals surface area contributed by atoms with Gasteiger partial charge < -0.3 is 5.73 Å². The van der Waals surface area contributed by atoms with Crippen molar-refractivity contribution in [3.05, 3.63) is 22.8 Å². The highest BCUT2D eigenvalue weighted by Gasteiger charge is 2.66. The minimum Gasteiger partial charge on any atom is -0.398 e. The largest absolute Gasteiger partial charge is 0.398 e. The molecular weight excluding hydrogens is 284 g/mol. The number of rotatable bonds is 3. The van der Waals surface area contributed by atoms with Gasteiger partial charge >= 0.3 is 0 Å². The third-order valence-electron chi connectivity index (χ3n) is 5.64. The maximum absolute atomic E-state index is 12.8. The Kier molecular flexibility index (Phi) is 3.46. The average molecular weight is 310 g/mol. The lowest BCUT2D eigenvalue weighted by Crippen LogP contribution is -2.31. The highest BCUT2D eigenvalue weighted by molar-refractivity contribution is 7.89. The van der Waals surface area contributed by atoms with Crippen molar-refractivity contribution in [2.24, 2.45) is 10.8 Å². The fraction of sp³-hybridized carbons (Fsp3) is 0.625. The fourth-order valence-corrected chi connectivity index (χ4v) is 5.25. The Morgan fingerprint density at radius 1 is 1.05 bits per heavy atom. The van der Waals surface area contributed by atoms with Crippen LogP contribution in [-0.2, 0) is 10.0 Å². The van der Waals surface area contributed by atoms with Crippen LogP contribution in [0.3, 0.4) is 0 Å². The molecule has 21 heavy (non-hydrogen) atoms. The maximum atomic E-state index is 12.8. The number of benzene rings is 1. The molecule has 1 aliphatic carbocycles. The van der Waals surface area contributed by atoms with Gasteiger partial charge in [0.25, 0.3) is 0 Å². The van der Waals surface area contributed by atoms with Gasteiger partial charge in [0.1, 0.15) is 0 Å². The summed E-state index contributed by atoms with van der Waals surface area (Å²) in [6.45, 7) is 13.8. The second-order valence-corrected chi connectivity index (χ2v) is 9.01. The lowest BCUT2D eigenvalue weighted by molar-refractivity contribution is 0.457. The Balaban J connectivity index is 2.48. The average Bonchev–Trinajstić information content (AvgIpc) is 2.69. The van der Waals surface area contributed by atoms with E-state index in [9.17, 15) is 8.42 Å². The number of nitrogens with two attached hydrogens (primary N) is 1. The summed E-state index contributed by atoms with van der Waals surface area (Å²) in [6.07, 6.45) is 0. The quantitative estimate of drug-likeness (QED) is 0.843. The van der Waals surface area contributed by atoms with Crippen molar-refractivity contribution in [3.63, 3.8) is 0 Å². The van der Waals surface area contributed by atoms with Gasteiger partial charge in [0.2, 0.25) is 10.0 Å². The minimum atomic E-state index is -3.58. The summed E-state index contributed by atoms with van der Waals surface area (Å²) in [5, 5.41) is 0. The van der Waals surface area contributed by atoms with Crippen LogP contribution in [0.1, 0.15) is 44.4 Å². The van der Waals surface area contributed by atoms with Crippen LogP contribution in [0, 0.1) is 31.6 Å². The number of anilines is 1. The molecule has 3 N–H and O–H groups in total. The predicted octanol–water partition coefficient (Wildman–Crippen LogP) is 2.91. The summed E-state index contributed by atoms with van der Waals surface area (Å²) < 4.78 is 28.6. The zero-order valence-electron chi connectivity index (χ0n) is 14.0. The summed E-state index contributed by atoms with van der Waals surface area (Å²) in [5.74, 6) is 0. The lowest BCUT2D eigenvalue weighted by Gasteiger charge is -2.16. The Morgan fingerprint density at radius 2 is 1.52 bits per heavy atom. The van der Waals surface area contributed by atoms with Gasteiger partial charge in [-0.2, -0.15) is 0 Å². The van der Waals surface area contributed by atoms with Crippen molar-refractivity contribution in [2.75, 3.05) is 5.73 Å². The van der Waals surface area contributed by atoms with E-state index in [2.05, 4.69) is 32.4 Å². The molecule has 1 fully saturated rings. The number of aryl methyl sites for hydroxylation is 1. The van der Waals surface area contributed by atoms with Gasteiger partial charge in [-0.25, -0.2) is 13.1 Å². The maximum Gasteiger partial charge on any atom is 0.241 e. The van der Waals surface area contributed by atoms with Gasteiger partial charge in [0.05, 0.1) is 4.90 Å². The van der Waals surface area contributed by atoms with Gasteiger partial charge in [-0.1, -0.05) is 27.7 Å². The van der Waals surface area contributed by atoms with Crippen LogP contribution >= 0.6 is 0 Å². The smallest absolute Gasteiger partial charge is 0.241 e. The Morgan fingerprint density at radius 3 is 1.95 bits per heavy atom. The number of nitrogen functional groups attached to an aromatic ring is 1. The minimum absolute atomic E-state index is 0.0444. The molecule has 2 rings (SSSR count). The van der Waals surface area contributed by atoms with E-state index in [-0.39, 0.29) is 16.9 Å². The summed E-state index contributed by atoms with van der Waals surface area (Å²) in [4.78, 5) is 0.332. The fourth-order valence-electron chi connectivity index (χ4n) is 3.15. The first kappa shape index (κ1) is 16.3. The molecule has 0 aliphatic heterocycles. The zero-order chi connectivity index (χ0) is 16.4. The van der Waals surface area contributed by atoms with E-state index in [1.165, 1.54) is 0 Å². The molecule has 0 radical (unpaired) electrons. The van der Waals surface area contributed by atoms with Gasteiger partial charge in [-0.3, -0.25) is 0 Å². The van der Waals surface area contributed by atoms with Crippen LogP contribution in [0.15, 0.2) is 11.0 Å². The van der Waals surface area contributed by atoms with Crippen molar-refractivity contribution >= 4 is 15.7 Å². The zero-order valence-corrected chi connectivity index (χ0v) is 14.8. The van der Waals surface area contributed by atoms with Crippen LogP contribution in [0.25, 0.3) is 0 Å². The first-order valence-electron chi connectivity index (χ1n) is 7.22. The second-order valence-electron chi connectivity index (χ2n) is 7.36. The molecule has 0 heterocycles. The summed E-state index contributed by atoms with van der Waals surface area (Å²) in [6, 6.07) is 1.77. The molecule has 1 aliphatic rings. The Bertz CT molecular complexity index is 663. The summed E-state index contributed by atoms with van der Waals surface area (Å²) in [7, 11) is -3.58. The van der Waals surface area contributed by atoms with Crippen molar-refractivity contribution in [1.29, 1.82) is 0 Å². The molecule has 0 saturated heterocycles. The normalized spacial score (nSPS) is 20.5. The first-order chi connectivity index (χ1) is 9.34. The van der Waals surface area contributed by atoms with Crippen molar-refractivity contribution in [2.45, 2.75) is 59.4 Å².